The largest absolute Gasteiger partial charge is 0.511 e. The number of benzene rings is 1. The number of carboxylic acid groups (broad SMARTS) is 1. The van der Waals surface area contributed by atoms with E-state index in [-0.39, 0.29) is 22.0 Å². The molecule has 2 aromatic heterocycles. The van der Waals surface area contributed by atoms with E-state index in [0.29, 0.717) is 5.65 Å². The van der Waals surface area contributed by atoms with Gasteiger partial charge in [-0.25, -0.2) is 9.78 Å². The van der Waals surface area contributed by atoms with Crippen LogP contribution in [0.5, 0.6) is 5.75 Å². The highest BCUT2D eigenvalue weighted by atomic mass is 35.5. The Balaban J connectivity index is 2.45. The zero-order valence-corrected chi connectivity index (χ0v) is 13.2. The van der Waals surface area contributed by atoms with Crippen LogP contribution in [-0.4, -0.2) is 20.6 Å². The number of rotatable bonds is 2. The van der Waals surface area contributed by atoms with Gasteiger partial charge in [-0.1, -0.05) is 17.7 Å². The van der Waals surface area contributed by atoms with Gasteiger partial charge in [0, 0.05) is 17.4 Å². The molecule has 0 saturated carbocycles. The van der Waals surface area contributed by atoms with E-state index >= 15 is 0 Å². The summed E-state index contributed by atoms with van der Waals surface area (Å²) in [7, 11) is 0. The smallest absolute Gasteiger partial charge is 0.449 e. The highest BCUT2D eigenvalue weighted by Crippen LogP contribution is 2.36. The second-order valence-corrected chi connectivity index (χ2v) is 5.51. The normalized spacial score (nSPS) is 10.8. The number of fused-ring (bicyclic) bond motifs is 1. The number of pyridine rings is 1. The first-order valence-electron chi connectivity index (χ1n) is 6.86. The molecule has 0 fully saturated rings. The number of hydrogen-bond acceptors (Lipinski definition) is 5. The third-order valence-corrected chi connectivity index (χ3v) is 3.73. The summed E-state index contributed by atoms with van der Waals surface area (Å²) >= 11 is 6.18. The third kappa shape index (κ3) is 2.65. The van der Waals surface area contributed by atoms with Crippen LogP contribution in [0, 0.1) is 6.92 Å². The SMILES string of the molecule is Cc1ccn2c(=O)c(OC(=O)O)c(-c3c(N)cccc3Cl)nc2c1. The fourth-order valence-electron chi connectivity index (χ4n) is 2.36. The lowest BCUT2D eigenvalue weighted by Crippen LogP contribution is -2.21. The Labute approximate surface area is 140 Å². The first-order chi connectivity index (χ1) is 11.4. The number of nitrogens with two attached hydrogens (primary N) is 1. The summed E-state index contributed by atoms with van der Waals surface area (Å²) in [6.45, 7) is 1.84. The Kier molecular flexibility index (Phi) is 3.86. The minimum Gasteiger partial charge on any atom is -0.449 e. The number of nitrogen functional groups attached to an aromatic ring is 1. The second-order valence-electron chi connectivity index (χ2n) is 5.10. The van der Waals surface area contributed by atoms with Crippen LogP contribution >= 0.6 is 11.6 Å². The van der Waals surface area contributed by atoms with Gasteiger partial charge in [0.05, 0.1) is 5.02 Å². The average molecular weight is 346 g/mol. The highest BCUT2D eigenvalue weighted by molar-refractivity contribution is 6.34. The fraction of sp³-hybridized carbons (Fsp3) is 0.0625. The van der Waals surface area contributed by atoms with E-state index < -0.39 is 17.5 Å². The topological polar surface area (TPSA) is 107 Å². The predicted octanol–water partition coefficient (Wildman–Crippen LogP) is 2.96. The van der Waals surface area contributed by atoms with Gasteiger partial charge in [-0.05, 0) is 36.8 Å². The molecule has 3 aromatic rings. The van der Waals surface area contributed by atoms with Gasteiger partial charge >= 0.3 is 11.7 Å². The van der Waals surface area contributed by atoms with Gasteiger partial charge in [0.25, 0.3) is 0 Å². The van der Waals surface area contributed by atoms with Crippen molar-refractivity contribution in [1.29, 1.82) is 0 Å². The number of ether oxygens (including phenoxy) is 1. The van der Waals surface area contributed by atoms with E-state index in [1.807, 2.05) is 6.92 Å². The molecule has 0 aliphatic rings. The molecular formula is C16H12ClN3O4. The molecule has 0 aliphatic heterocycles. The molecule has 0 unspecified atom stereocenters. The molecule has 0 saturated heterocycles. The van der Waals surface area contributed by atoms with Gasteiger partial charge in [0.15, 0.2) is 0 Å². The van der Waals surface area contributed by atoms with Gasteiger partial charge in [-0.15, -0.1) is 0 Å². The minimum atomic E-state index is -1.63. The molecule has 8 heteroatoms. The standard InChI is InChI=1S/C16H12ClN3O4/c1-8-5-6-20-11(7-8)19-13(14(15(20)21)24-16(22)23)12-9(17)3-2-4-10(12)18/h2-7H,18H2,1H3,(H,22,23). The molecular weight excluding hydrogens is 334 g/mol. The van der Waals surface area contributed by atoms with E-state index in [9.17, 15) is 9.59 Å². The fourth-order valence-corrected chi connectivity index (χ4v) is 2.63. The van der Waals surface area contributed by atoms with E-state index in [0.717, 1.165) is 5.56 Å². The van der Waals surface area contributed by atoms with Gasteiger partial charge in [0.1, 0.15) is 11.3 Å². The van der Waals surface area contributed by atoms with Crippen molar-refractivity contribution in [1.82, 2.24) is 9.38 Å². The Morgan fingerprint density at radius 1 is 1.38 bits per heavy atom. The summed E-state index contributed by atoms with van der Waals surface area (Å²) < 4.78 is 5.88. The quantitative estimate of drug-likeness (QED) is 0.546. The van der Waals surface area contributed by atoms with Crippen LogP contribution in [0.1, 0.15) is 5.56 Å². The van der Waals surface area contributed by atoms with Crippen molar-refractivity contribution in [2.45, 2.75) is 6.92 Å². The summed E-state index contributed by atoms with van der Waals surface area (Å²) in [6, 6.07) is 8.16. The lowest BCUT2D eigenvalue weighted by Gasteiger charge is -2.12. The summed E-state index contributed by atoms with van der Waals surface area (Å²) in [4.78, 5) is 28.0. The average Bonchev–Trinajstić information content (AvgIpc) is 2.50. The summed E-state index contributed by atoms with van der Waals surface area (Å²) in [5.41, 5.74) is 6.96. The molecule has 0 atom stereocenters. The van der Waals surface area contributed by atoms with Crippen molar-refractivity contribution in [2.75, 3.05) is 5.73 Å². The Morgan fingerprint density at radius 3 is 2.79 bits per heavy atom. The maximum Gasteiger partial charge on any atom is 0.511 e. The molecule has 2 heterocycles. The number of halogens is 1. The molecule has 122 valence electrons. The van der Waals surface area contributed by atoms with E-state index in [2.05, 4.69) is 9.72 Å². The van der Waals surface area contributed by atoms with Crippen LogP contribution in [0.15, 0.2) is 41.3 Å². The van der Waals surface area contributed by atoms with Gasteiger partial charge in [-0.2, -0.15) is 0 Å². The van der Waals surface area contributed by atoms with Crippen molar-refractivity contribution in [2.24, 2.45) is 0 Å². The Morgan fingerprint density at radius 2 is 2.12 bits per heavy atom. The van der Waals surface area contributed by atoms with Gasteiger partial charge < -0.3 is 15.6 Å². The van der Waals surface area contributed by atoms with Crippen molar-refractivity contribution < 1.29 is 14.6 Å². The lowest BCUT2D eigenvalue weighted by molar-refractivity contribution is 0.144. The first kappa shape index (κ1) is 15.8. The van der Waals surface area contributed by atoms with Crippen molar-refractivity contribution in [3.8, 4) is 17.0 Å². The van der Waals surface area contributed by atoms with E-state index in [1.165, 1.54) is 10.6 Å². The van der Waals surface area contributed by atoms with Crippen molar-refractivity contribution in [3.05, 3.63) is 57.5 Å². The Bertz CT molecular complexity index is 1010. The minimum absolute atomic E-state index is 0.0175. The zero-order valence-electron chi connectivity index (χ0n) is 12.5. The zero-order chi connectivity index (χ0) is 17.4. The van der Waals surface area contributed by atoms with Crippen molar-refractivity contribution in [3.63, 3.8) is 0 Å². The monoisotopic (exact) mass is 345 g/mol. The number of aryl methyl sites for hydroxylation is 1. The number of nitrogens with zero attached hydrogens (tertiary/aromatic N) is 2. The molecule has 0 bridgehead atoms. The number of aromatic nitrogens is 2. The maximum atomic E-state index is 12.6. The van der Waals surface area contributed by atoms with E-state index in [4.69, 9.17) is 22.4 Å². The maximum absolute atomic E-state index is 12.6. The molecule has 24 heavy (non-hydrogen) atoms. The molecule has 0 amide bonds. The molecule has 7 nitrogen and oxygen atoms in total. The summed E-state index contributed by atoms with van der Waals surface area (Å²) in [5.74, 6) is -0.455. The molecule has 1 aromatic carbocycles. The summed E-state index contributed by atoms with van der Waals surface area (Å²) in [5, 5.41) is 9.19. The first-order valence-corrected chi connectivity index (χ1v) is 7.24. The van der Waals surface area contributed by atoms with Crippen LogP contribution in [0.25, 0.3) is 16.9 Å². The third-order valence-electron chi connectivity index (χ3n) is 3.42. The summed E-state index contributed by atoms with van der Waals surface area (Å²) in [6.07, 6.45) is -0.137. The van der Waals surface area contributed by atoms with Crippen LogP contribution in [0.2, 0.25) is 5.02 Å². The number of carbonyl (C=O) groups is 1. The van der Waals surface area contributed by atoms with Gasteiger partial charge in [-0.3, -0.25) is 9.20 Å². The van der Waals surface area contributed by atoms with Crippen molar-refractivity contribution >= 4 is 29.1 Å². The Hall–Kier alpha value is -3.06. The number of anilines is 1. The second kappa shape index (κ2) is 5.86. The molecule has 0 aliphatic carbocycles. The molecule has 0 spiro atoms. The van der Waals surface area contributed by atoms with Crippen LogP contribution in [0.3, 0.4) is 0 Å². The highest BCUT2D eigenvalue weighted by Gasteiger charge is 2.22. The molecule has 3 rings (SSSR count). The number of hydrogen-bond donors (Lipinski definition) is 2. The van der Waals surface area contributed by atoms with Crippen LogP contribution in [-0.2, 0) is 0 Å². The molecule has 3 N–H and O–H groups in total. The van der Waals surface area contributed by atoms with Crippen LogP contribution in [0.4, 0.5) is 10.5 Å². The van der Waals surface area contributed by atoms with Gasteiger partial charge in [0.2, 0.25) is 5.75 Å². The van der Waals surface area contributed by atoms with E-state index in [1.54, 1.807) is 30.3 Å². The van der Waals surface area contributed by atoms with Crippen LogP contribution < -0.4 is 16.0 Å². The molecule has 0 radical (unpaired) electrons. The predicted molar refractivity (Wildman–Crippen MR) is 89.7 cm³/mol. The lowest BCUT2D eigenvalue weighted by atomic mass is 10.1.